The third kappa shape index (κ3) is 8.57. The number of hydrogen-bond acceptors (Lipinski definition) is 0. The molecule has 5 aromatic rings. The van der Waals surface area contributed by atoms with Gasteiger partial charge in [-0.2, -0.15) is 61.9 Å². The molecule has 45 heavy (non-hydrogen) atoms. The minimum absolute atomic E-state index is 0.0536. The van der Waals surface area contributed by atoms with Gasteiger partial charge in [0.15, 0.2) is 0 Å². The largest absolute Gasteiger partial charge is 0.184 e. The van der Waals surface area contributed by atoms with Gasteiger partial charge in [-0.05, 0) is 36.1 Å². The van der Waals surface area contributed by atoms with E-state index in [1.54, 1.807) is 6.07 Å². The summed E-state index contributed by atoms with van der Waals surface area (Å²) in [5, 5.41) is 4.32. The number of rotatable bonds is 4. The van der Waals surface area contributed by atoms with Crippen LogP contribution in [0, 0.1) is 6.07 Å². The van der Waals surface area contributed by atoms with E-state index in [0.717, 1.165) is 44.6 Å². The van der Waals surface area contributed by atoms with Crippen LogP contribution in [-0.2, 0) is 39.6 Å². The molecule has 0 spiro atoms. The summed E-state index contributed by atoms with van der Waals surface area (Å²) in [5.41, 5.74) is 2.32. The van der Waals surface area contributed by atoms with Crippen molar-refractivity contribution in [2.45, 2.75) is 51.9 Å². The van der Waals surface area contributed by atoms with E-state index in [1.807, 2.05) is 45.0 Å². The smallest absolute Gasteiger partial charge is 0.0920 e. The zero-order valence-corrected chi connectivity index (χ0v) is 29.6. The van der Waals surface area contributed by atoms with Crippen molar-refractivity contribution in [2.75, 3.05) is 0 Å². The second kappa shape index (κ2) is 15.1. The Hall–Kier alpha value is -2.25. The zero-order chi connectivity index (χ0) is 32.9. The van der Waals surface area contributed by atoms with Crippen molar-refractivity contribution in [3.05, 3.63) is 113 Å². The summed E-state index contributed by atoms with van der Waals surface area (Å²) in [4.78, 5) is 0. The number of halogens is 8. The van der Waals surface area contributed by atoms with Crippen LogP contribution >= 0.6 is 17.0 Å². The van der Waals surface area contributed by atoms with Gasteiger partial charge in [-0.15, -0.1) is 40.1 Å². The summed E-state index contributed by atoms with van der Waals surface area (Å²) in [6.07, 6.45) is -8.46. The minimum Gasteiger partial charge on any atom is -0.184 e. The molecule has 0 bridgehead atoms. The molecule has 0 amide bonds. The number of hydrogen-bond donors (Lipinski definition) is 0. The molecule has 0 aromatic heterocycles. The first-order valence-electron chi connectivity index (χ1n) is 14.1. The molecule has 0 N–H and O–H groups in total. The molecule has 2 radical (unpaired) electrons. The van der Waals surface area contributed by atoms with E-state index < -0.39 is 44.3 Å². The first-order chi connectivity index (χ1) is 21.3. The van der Waals surface area contributed by atoms with Gasteiger partial charge < -0.3 is 0 Å². The second-order valence-corrected chi connectivity index (χ2v) is 15.8. The standard InChI is InChI=1S/C23H21F6.C12H7Si.2ClH.Zr/c1-4-5-14-6-7-15-8-16(13(2)3)11-20(15)21(14)17-9-18(22(24,25)26)12-19(10-17)23(27,28)29;1-3-7-11-9(5-1)10-6-2-4-8-12(10)13-11;;;/h6-13H,4-5H2,1-3H3;1-7H;2*1H;/q2*-1;;;+4/p-2. The second-order valence-electron chi connectivity index (χ2n) is 10.8. The van der Waals surface area contributed by atoms with E-state index in [-0.39, 0.29) is 17.5 Å². The third-order valence-electron chi connectivity index (χ3n) is 7.39. The van der Waals surface area contributed by atoms with Crippen molar-refractivity contribution in [2.24, 2.45) is 0 Å². The van der Waals surface area contributed by atoms with Crippen molar-refractivity contribution >= 4 is 47.7 Å². The summed E-state index contributed by atoms with van der Waals surface area (Å²) in [6.45, 7) is 5.91. The van der Waals surface area contributed by atoms with E-state index in [2.05, 4.69) is 42.5 Å². The molecule has 0 aliphatic carbocycles. The minimum atomic E-state index is -4.87. The maximum atomic E-state index is 13.4. The van der Waals surface area contributed by atoms with Gasteiger partial charge in [0.05, 0.1) is 20.6 Å². The van der Waals surface area contributed by atoms with Crippen LogP contribution in [0.5, 0.6) is 0 Å². The van der Waals surface area contributed by atoms with Gasteiger partial charge in [0.2, 0.25) is 0 Å². The maximum absolute atomic E-state index is 13.4. The molecular formula is C35H28Cl2F6SiZr. The average molecular weight is 753 g/mol. The number of alkyl halides is 6. The van der Waals surface area contributed by atoms with Gasteiger partial charge in [0, 0.05) is 0 Å². The Kier molecular flexibility index (Phi) is 11.9. The van der Waals surface area contributed by atoms with Crippen molar-refractivity contribution in [1.82, 2.24) is 0 Å². The maximum Gasteiger partial charge on any atom is 0.0920 e. The Morgan fingerprint density at radius 2 is 1.47 bits per heavy atom. The molecule has 6 rings (SSSR count). The molecule has 1 heterocycles. The number of benzene rings is 4. The fourth-order valence-corrected chi connectivity index (χ4v) is 6.64. The Bertz CT molecular complexity index is 1680. The van der Waals surface area contributed by atoms with Gasteiger partial charge >= 0.3 is 50.2 Å². The van der Waals surface area contributed by atoms with Crippen LogP contribution in [0.1, 0.15) is 55.4 Å². The summed E-state index contributed by atoms with van der Waals surface area (Å²) in [5.74, 6) is 0.192. The van der Waals surface area contributed by atoms with Crippen molar-refractivity contribution in [3.8, 4) is 22.3 Å². The average Bonchev–Trinajstić information content (AvgIpc) is 3.59. The Labute approximate surface area is 280 Å². The molecule has 1 aliphatic heterocycles. The summed E-state index contributed by atoms with van der Waals surface area (Å²) in [6, 6.07) is 27.5. The molecule has 0 unspecified atom stereocenters. The van der Waals surface area contributed by atoms with Crippen LogP contribution < -0.4 is 10.4 Å². The van der Waals surface area contributed by atoms with E-state index in [1.165, 1.54) is 21.5 Å². The van der Waals surface area contributed by atoms with E-state index in [0.29, 0.717) is 17.4 Å². The van der Waals surface area contributed by atoms with Crippen LogP contribution in [0.2, 0.25) is 0 Å². The predicted octanol–water partition coefficient (Wildman–Crippen LogP) is 10.8. The molecule has 1 aliphatic rings. The van der Waals surface area contributed by atoms with Crippen molar-refractivity contribution in [1.29, 1.82) is 0 Å². The van der Waals surface area contributed by atoms with Crippen molar-refractivity contribution < 1.29 is 47.2 Å². The zero-order valence-electron chi connectivity index (χ0n) is 24.6. The van der Waals surface area contributed by atoms with Crippen molar-refractivity contribution in [3.63, 3.8) is 0 Å². The topological polar surface area (TPSA) is 0 Å². The first-order valence-corrected chi connectivity index (χ1v) is 21.5. The quantitative estimate of drug-likeness (QED) is 0.0956. The third-order valence-corrected chi connectivity index (χ3v) is 8.76. The molecule has 0 saturated carbocycles. The molecule has 0 fully saturated rings. The van der Waals surface area contributed by atoms with E-state index >= 15 is 0 Å². The van der Waals surface area contributed by atoms with Gasteiger partial charge in [0.25, 0.3) is 0 Å². The predicted molar refractivity (Wildman–Crippen MR) is 171 cm³/mol. The molecule has 0 nitrogen and oxygen atoms in total. The summed E-state index contributed by atoms with van der Waals surface area (Å²) < 4.78 is 80.1. The molecular weight excluding hydrogens is 725 g/mol. The van der Waals surface area contributed by atoms with Crippen LogP contribution in [-0.4, -0.2) is 9.52 Å². The normalized spacial score (nSPS) is 12.1. The van der Waals surface area contributed by atoms with Crippen LogP contribution in [0.3, 0.4) is 0 Å². The summed E-state index contributed by atoms with van der Waals surface area (Å²) in [7, 11) is 10.7. The fourth-order valence-electron chi connectivity index (χ4n) is 5.33. The summed E-state index contributed by atoms with van der Waals surface area (Å²) >= 11 is -0.826. The number of aryl methyl sites for hydroxylation is 1. The van der Waals surface area contributed by atoms with Gasteiger partial charge in [-0.3, -0.25) is 0 Å². The fraction of sp³-hybridized carbons (Fsp3) is 0.229. The van der Waals surface area contributed by atoms with Crippen LogP contribution in [0.15, 0.2) is 84.9 Å². The molecule has 5 aromatic carbocycles. The van der Waals surface area contributed by atoms with Crippen LogP contribution in [0.25, 0.3) is 33.0 Å². The number of fused-ring (bicyclic) bond motifs is 4. The Morgan fingerprint density at radius 1 is 0.844 bits per heavy atom. The van der Waals surface area contributed by atoms with E-state index in [9.17, 15) is 26.3 Å². The monoisotopic (exact) mass is 750 g/mol. The molecule has 0 atom stereocenters. The SMILES string of the molecule is CCCc1ccc2[cH-]c(C(C)C)cc2c1-c1cc(C(F)(F)F)cc(C(F)(F)F)c1.[Cl][Zr+2][Cl].[c-]1cccc2c1[Si]c1ccccc1-2. The molecule has 0 saturated heterocycles. The van der Waals surface area contributed by atoms with Crippen LogP contribution in [0.4, 0.5) is 26.3 Å². The molecule has 10 heteroatoms. The Morgan fingerprint density at radius 3 is 2.07 bits per heavy atom. The Balaban J connectivity index is 0.000000236. The first kappa shape index (κ1) is 35.6. The van der Waals surface area contributed by atoms with E-state index in [4.69, 9.17) is 17.0 Å². The molecule has 232 valence electrons. The van der Waals surface area contributed by atoms with Gasteiger partial charge in [0.1, 0.15) is 0 Å². The van der Waals surface area contributed by atoms with Gasteiger partial charge in [-0.1, -0.05) is 73.3 Å². The van der Waals surface area contributed by atoms with Gasteiger partial charge in [-0.25, -0.2) is 0 Å².